The van der Waals surface area contributed by atoms with Crippen LogP contribution < -0.4 is 0 Å². The van der Waals surface area contributed by atoms with Crippen LogP contribution in [0.5, 0.6) is 0 Å². The first-order valence-corrected chi connectivity index (χ1v) is 5.27. The number of carbonyl (C=O) groups excluding carboxylic acids is 1. The molecule has 0 fully saturated rings. The molecule has 2 aromatic rings. The Bertz CT molecular complexity index is 492. The molecule has 0 aliphatic rings. The Labute approximate surface area is 94.6 Å². The van der Waals surface area contributed by atoms with Gasteiger partial charge in [0.2, 0.25) is 0 Å². The van der Waals surface area contributed by atoms with Crippen LogP contribution in [-0.2, 0) is 11.3 Å². The number of benzene rings is 1. The zero-order chi connectivity index (χ0) is 10.1. The Morgan fingerprint density at radius 3 is 3.00 bits per heavy atom. The molecule has 0 amide bonds. The minimum absolute atomic E-state index is 0.363. The third-order valence-corrected chi connectivity index (χ3v) is 3.28. The molecule has 2 nitrogen and oxygen atoms in total. The summed E-state index contributed by atoms with van der Waals surface area (Å²) in [7, 11) is 0. The first-order chi connectivity index (χ1) is 6.72. The fourth-order valence-corrected chi connectivity index (χ4v) is 1.94. The van der Waals surface area contributed by atoms with Gasteiger partial charge < -0.3 is 9.36 Å². The summed E-state index contributed by atoms with van der Waals surface area (Å²) in [6.45, 7) is 0.363. The summed E-state index contributed by atoms with van der Waals surface area (Å²) < 4.78 is 2.73. The van der Waals surface area contributed by atoms with Crippen molar-refractivity contribution in [3.63, 3.8) is 0 Å². The number of hydrogen-bond acceptors (Lipinski definition) is 1. The Balaban J connectivity index is 2.67. The third-order valence-electron chi connectivity index (χ3n) is 2.08. The quantitative estimate of drug-likeness (QED) is 0.769. The van der Waals surface area contributed by atoms with Gasteiger partial charge in [-0.05, 0) is 34.1 Å². The van der Waals surface area contributed by atoms with Crippen LogP contribution in [0, 0.1) is 0 Å². The lowest BCUT2D eigenvalue weighted by atomic mass is 10.2. The van der Waals surface area contributed by atoms with Gasteiger partial charge in [-0.25, -0.2) is 0 Å². The van der Waals surface area contributed by atoms with Gasteiger partial charge >= 0.3 is 0 Å². The number of nitrogens with zero attached hydrogens (tertiary/aromatic N) is 1. The van der Waals surface area contributed by atoms with Gasteiger partial charge in [-0.15, -0.1) is 0 Å². The molecule has 0 saturated carbocycles. The van der Waals surface area contributed by atoms with Crippen LogP contribution >= 0.6 is 27.5 Å². The van der Waals surface area contributed by atoms with Crippen molar-refractivity contribution < 1.29 is 4.79 Å². The highest BCUT2D eigenvalue weighted by atomic mass is 79.9. The third kappa shape index (κ3) is 1.57. The van der Waals surface area contributed by atoms with Crippen LogP contribution in [0.25, 0.3) is 10.9 Å². The van der Waals surface area contributed by atoms with Gasteiger partial charge in [0.25, 0.3) is 0 Å². The molecule has 0 aliphatic heterocycles. The molecule has 4 heteroatoms. The fourth-order valence-electron chi connectivity index (χ4n) is 1.42. The largest absolute Gasteiger partial charge is 0.340 e. The molecule has 1 heterocycles. The predicted octanol–water partition coefficient (Wildman–Crippen LogP) is 3.26. The van der Waals surface area contributed by atoms with Gasteiger partial charge in [0, 0.05) is 21.6 Å². The van der Waals surface area contributed by atoms with E-state index in [1.165, 1.54) is 0 Å². The van der Waals surface area contributed by atoms with Crippen molar-refractivity contribution in [1.82, 2.24) is 4.57 Å². The maximum Gasteiger partial charge on any atom is 0.139 e. The molecule has 1 aromatic carbocycles. The second-order valence-corrected chi connectivity index (χ2v) is 4.22. The van der Waals surface area contributed by atoms with E-state index in [-0.39, 0.29) is 0 Å². The van der Waals surface area contributed by atoms with Crippen LogP contribution in [-0.4, -0.2) is 10.9 Å². The summed E-state index contributed by atoms with van der Waals surface area (Å²) in [5.41, 5.74) is 0.977. The van der Waals surface area contributed by atoms with E-state index in [2.05, 4.69) is 15.9 Å². The smallest absolute Gasteiger partial charge is 0.139 e. The minimum atomic E-state index is 0.363. The van der Waals surface area contributed by atoms with Gasteiger partial charge in [0.1, 0.15) is 6.29 Å². The topological polar surface area (TPSA) is 22.0 Å². The molecule has 0 bridgehead atoms. The number of fused-ring (bicyclic) bond motifs is 1. The first-order valence-electron chi connectivity index (χ1n) is 4.10. The summed E-state index contributed by atoms with van der Waals surface area (Å²) in [6.07, 6.45) is 2.75. The normalized spacial score (nSPS) is 10.7. The second kappa shape index (κ2) is 3.75. The van der Waals surface area contributed by atoms with Crippen molar-refractivity contribution in [2.45, 2.75) is 6.54 Å². The number of aldehydes is 1. The Morgan fingerprint density at radius 2 is 2.29 bits per heavy atom. The van der Waals surface area contributed by atoms with Crippen molar-refractivity contribution >= 4 is 44.7 Å². The summed E-state index contributed by atoms with van der Waals surface area (Å²) >= 11 is 9.32. The van der Waals surface area contributed by atoms with E-state index >= 15 is 0 Å². The summed E-state index contributed by atoms with van der Waals surface area (Å²) in [5, 5.41) is 1.73. The van der Waals surface area contributed by atoms with E-state index < -0.39 is 0 Å². The average Bonchev–Trinajstić information content (AvgIpc) is 2.51. The molecule has 0 atom stereocenters. The van der Waals surface area contributed by atoms with Gasteiger partial charge in [-0.1, -0.05) is 11.6 Å². The molecular formula is C10H7BrClNO. The van der Waals surface area contributed by atoms with Gasteiger partial charge in [-0.3, -0.25) is 0 Å². The standard InChI is InChI=1S/C10H7BrClNO/c11-8-5-7-1-2-13(3-4-14)10(7)6-9(8)12/h1-2,4-6H,3H2. The van der Waals surface area contributed by atoms with Crippen molar-refractivity contribution in [2.75, 3.05) is 0 Å². The van der Waals surface area contributed by atoms with E-state index in [1.807, 2.05) is 29.0 Å². The summed E-state index contributed by atoms with van der Waals surface area (Å²) in [5.74, 6) is 0. The van der Waals surface area contributed by atoms with Crippen LogP contribution in [0.2, 0.25) is 5.02 Å². The molecule has 0 unspecified atom stereocenters. The fraction of sp³-hybridized carbons (Fsp3) is 0.100. The van der Waals surface area contributed by atoms with Crippen molar-refractivity contribution in [3.05, 3.63) is 33.9 Å². The lowest BCUT2D eigenvalue weighted by Gasteiger charge is -2.01. The lowest BCUT2D eigenvalue weighted by molar-refractivity contribution is -0.108. The van der Waals surface area contributed by atoms with E-state index in [0.29, 0.717) is 11.6 Å². The first kappa shape index (κ1) is 9.74. The monoisotopic (exact) mass is 271 g/mol. The molecule has 0 N–H and O–H groups in total. The molecule has 0 aliphatic carbocycles. The zero-order valence-corrected chi connectivity index (χ0v) is 9.55. The highest BCUT2D eigenvalue weighted by molar-refractivity contribution is 9.10. The average molecular weight is 273 g/mol. The zero-order valence-electron chi connectivity index (χ0n) is 7.21. The molecule has 0 radical (unpaired) electrons. The SMILES string of the molecule is O=CCn1ccc2cc(Br)c(Cl)cc21. The molecule has 2 rings (SSSR count). The Morgan fingerprint density at radius 1 is 1.50 bits per heavy atom. The van der Waals surface area contributed by atoms with Crippen molar-refractivity contribution in [1.29, 1.82) is 0 Å². The molecular weight excluding hydrogens is 265 g/mol. The molecule has 0 saturated heterocycles. The minimum Gasteiger partial charge on any atom is -0.340 e. The number of hydrogen-bond donors (Lipinski definition) is 0. The van der Waals surface area contributed by atoms with Crippen LogP contribution in [0.3, 0.4) is 0 Å². The highest BCUT2D eigenvalue weighted by Gasteiger charge is 2.04. The van der Waals surface area contributed by atoms with Gasteiger partial charge in [0.05, 0.1) is 11.6 Å². The van der Waals surface area contributed by atoms with Crippen molar-refractivity contribution in [3.8, 4) is 0 Å². The number of halogens is 2. The van der Waals surface area contributed by atoms with E-state index in [4.69, 9.17) is 11.6 Å². The predicted molar refractivity (Wildman–Crippen MR) is 60.7 cm³/mol. The van der Waals surface area contributed by atoms with Gasteiger partial charge in [0.15, 0.2) is 0 Å². The molecule has 14 heavy (non-hydrogen) atoms. The Hall–Kier alpha value is -0.800. The van der Waals surface area contributed by atoms with Gasteiger partial charge in [-0.2, -0.15) is 0 Å². The van der Waals surface area contributed by atoms with E-state index in [1.54, 1.807) is 0 Å². The molecule has 72 valence electrons. The second-order valence-electron chi connectivity index (χ2n) is 2.96. The lowest BCUT2D eigenvalue weighted by Crippen LogP contribution is -1.95. The molecule has 1 aromatic heterocycles. The summed E-state index contributed by atoms with van der Waals surface area (Å²) in [4.78, 5) is 10.4. The van der Waals surface area contributed by atoms with E-state index in [9.17, 15) is 4.79 Å². The maximum atomic E-state index is 10.4. The van der Waals surface area contributed by atoms with Crippen LogP contribution in [0.15, 0.2) is 28.9 Å². The Kier molecular flexibility index (Phi) is 2.61. The van der Waals surface area contributed by atoms with Crippen LogP contribution in [0.1, 0.15) is 0 Å². The number of aromatic nitrogens is 1. The summed E-state index contributed by atoms with van der Waals surface area (Å²) in [6, 6.07) is 5.75. The maximum absolute atomic E-state index is 10.4. The molecule has 0 spiro atoms. The van der Waals surface area contributed by atoms with Crippen molar-refractivity contribution in [2.24, 2.45) is 0 Å². The van der Waals surface area contributed by atoms with E-state index in [0.717, 1.165) is 21.7 Å². The highest BCUT2D eigenvalue weighted by Crippen LogP contribution is 2.28. The number of rotatable bonds is 2. The van der Waals surface area contributed by atoms with Crippen LogP contribution in [0.4, 0.5) is 0 Å². The number of carbonyl (C=O) groups is 1.